The molecular formula is C13H16N4O2. The molecule has 0 aliphatic carbocycles. The van der Waals surface area contributed by atoms with Crippen LogP contribution in [0.5, 0.6) is 0 Å². The average molecular weight is 260 g/mol. The number of aryl methyl sites for hydroxylation is 1. The Morgan fingerprint density at radius 2 is 2.05 bits per heavy atom. The number of nitrogens with one attached hydrogen (secondary N) is 2. The molecular weight excluding hydrogens is 244 g/mol. The van der Waals surface area contributed by atoms with Crippen LogP contribution in [0.1, 0.15) is 11.3 Å². The summed E-state index contributed by atoms with van der Waals surface area (Å²) in [5, 5.41) is 19.9. The SMILES string of the molecule is Cc1nnc(NC(CO)Cc2ccccc2)[nH]c1=O. The third kappa shape index (κ3) is 3.62. The van der Waals surface area contributed by atoms with Crippen LogP contribution < -0.4 is 10.9 Å². The first kappa shape index (κ1) is 13.2. The molecule has 2 aromatic rings. The molecule has 1 unspecified atom stereocenters. The van der Waals surface area contributed by atoms with Crippen molar-refractivity contribution in [1.82, 2.24) is 15.2 Å². The third-order valence-electron chi connectivity index (χ3n) is 2.75. The number of benzene rings is 1. The fraction of sp³-hybridized carbons (Fsp3) is 0.308. The fourth-order valence-electron chi connectivity index (χ4n) is 1.71. The van der Waals surface area contributed by atoms with Crippen LogP contribution in [0.2, 0.25) is 0 Å². The number of H-pyrrole nitrogens is 1. The van der Waals surface area contributed by atoms with Gasteiger partial charge in [0.25, 0.3) is 5.56 Å². The van der Waals surface area contributed by atoms with Gasteiger partial charge in [0.15, 0.2) is 0 Å². The first-order chi connectivity index (χ1) is 9.19. The van der Waals surface area contributed by atoms with E-state index in [0.717, 1.165) is 5.56 Å². The van der Waals surface area contributed by atoms with Gasteiger partial charge in [0.2, 0.25) is 5.95 Å². The summed E-state index contributed by atoms with van der Waals surface area (Å²) in [6.45, 7) is 1.52. The number of rotatable bonds is 5. The highest BCUT2D eigenvalue weighted by Crippen LogP contribution is 2.06. The zero-order chi connectivity index (χ0) is 13.7. The van der Waals surface area contributed by atoms with E-state index in [9.17, 15) is 9.90 Å². The second-order valence-electron chi connectivity index (χ2n) is 4.30. The second-order valence-corrected chi connectivity index (χ2v) is 4.30. The molecule has 0 saturated heterocycles. The van der Waals surface area contributed by atoms with Crippen LogP contribution >= 0.6 is 0 Å². The van der Waals surface area contributed by atoms with Crippen LogP contribution in [0.15, 0.2) is 35.1 Å². The van der Waals surface area contributed by atoms with Crippen molar-refractivity contribution in [3.05, 3.63) is 51.9 Å². The fourth-order valence-corrected chi connectivity index (χ4v) is 1.71. The minimum Gasteiger partial charge on any atom is -0.394 e. The normalized spacial score (nSPS) is 12.1. The maximum absolute atomic E-state index is 11.4. The number of hydrogen-bond acceptors (Lipinski definition) is 5. The summed E-state index contributed by atoms with van der Waals surface area (Å²) in [4.78, 5) is 14.0. The van der Waals surface area contributed by atoms with Gasteiger partial charge in [-0.2, -0.15) is 0 Å². The Morgan fingerprint density at radius 1 is 1.32 bits per heavy atom. The molecule has 19 heavy (non-hydrogen) atoms. The summed E-state index contributed by atoms with van der Waals surface area (Å²) in [6, 6.07) is 9.56. The Kier molecular flexibility index (Phi) is 4.25. The predicted molar refractivity (Wildman–Crippen MR) is 72.0 cm³/mol. The van der Waals surface area contributed by atoms with Gasteiger partial charge in [0.1, 0.15) is 5.69 Å². The number of aromatic amines is 1. The number of aliphatic hydroxyl groups excluding tert-OH is 1. The highest BCUT2D eigenvalue weighted by molar-refractivity contribution is 5.26. The minimum atomic E-state index is -0.283. The maximum Gasteiger partial charge on any atom is 0.273 e. The Morgan fingerprint density at radius 3 is 2.68 bits per heavy atom. The second kappa shape index (κ2) is 6.10. The number of aliphatic hydroxyl groups is 1. The molecule has 0 amide bonds. The predicted octanol–water partition coefficient (Wildman–Crippen LogP) is 0.489. The lowest BCUT2D eigenvalue weighted by atomic mass is 10.1. The van der Waals surface area contributed by atoms with Crippen LogP contribution in [0.4, 0.5) is 5.95 Å². The van der Waals surface area contributed by atoms with Gasteiger partial charge >= 0.3 is 0 Å². The summed E-state index contributed by atoms with van der Waals surface area (Å²) in [5.41, 5.74) is 1.12. The summed E-state index contributed by atoms with van der Waals surface area (Å²) in [7, 11) is 0. The first-order valence-corrected chi connectivity index (χ1v) is 6.04. The smallest absolute Gasteiger partial charge is 0.273 e. The summed E-state index contributed by atoms with van der Waals surface area (Å²) < 4.78 is 0. The van der Waals surface area contributed by atoms with Crippen molar-refractivity contribution >= 4 is 5.95 Å². The summed E-state index contributed by atoms with van der Waals surface area (Å²) in [6.07, 6.45) is 0.634. The number of nitrogens with zero attached hydrogens (tertiary/aromatic N) is 2. The third-order valence-corrected chi connectivity index (χ3v) is 2.75. The van der Waals surface area contributed by atoms with Gasteiger partial charge in [-0.15, -0.1) is 10.2 Å². The Balaban J connectivity index is 2.06. The Bertz CT molecular complexity index is 583. The average Bonchev–Trinajstić information content (AvgIpc) is 2.43. The Labute approximate surface area is 110 Å². The van der Waals surface area contributed by atoms with Crippen LogP contribution in [-0.2, 0) is 6.42 Å². The van der Waals surface area contributed by atoms with Crippen molar-refractivity contribution in [2.24, 2.45) is 0 Å². The molecule has 1 heterocycles. The summed E-state index contributed by atoms with van der Waals surface area (Å²) >= 11 is 0. The van der Waals surface area contributed by atoms with Gasteiger partial charge in [-0.3, -0.25) is 9.78 Å². The standard InChI is InChI=1S/C13H16N4O2/c1-9-12(19)15-13(17-16-9)14-11(8-18)7-10-5-3-2-4-6-10/h2-6,11,18H,7-8H2,1H3,(H2,14,15,17,19). The molecule has 3 N–H and O–H groups in total. The van der Waals surface area contributed by atoms with E-state index in [4.69, 9.17) is 0 Å². The topological polar surface area (TPSA) is 90.9 Å². The quantitative estimate of drug-likeness (QED) is 0.727. The van der Waals surface area contributed by atoms with Crippen molar-refractivity contribution < 1.29 is 5.11 Å². The van der Waals surface area contributed by atoms with Crippen molar-refractivity contribution in [1.29, 1.82) is 0 Å². The highest BCUT2D eigenvalue weighted by Gasteiger charge is 2.10. The molecule has 2 rings (SSSR count). The number of anilines is 1. The monoisotopic (exact) mass is 260 g/mol. The molecule has 0 radical (unpaired) electrons. The first-order valence-electron chi connectivity index (χ1n) is 6.04. The van der Waals surface area contributed by atoms with Crippen molar-refractivity contribution in [3.8, 4) is 0 Å². The van der Waals surface area contributed by atoms with Gasteiger partial charge in [0.05, 0.1) is 12.6 Å². The molecule has 0 bridgehead atoms. The van der Waals surface area contributed by atoms with Crippen LogP contribution in [-0.4, -0.2) is 32.9 Å². The van der Waals surface area contributed by atoms with E-state index >= 15 is 0 Å². The minimum absolute atomic E-state index is 0.0630. The van der Waals surface area contributed by atoms with E-state index < -0.39 is 0 Å². The zero-order valence-corrected chi connectivity index (χ0v) is 10.6. The molecule has 6 nitrogen and oxygen atoms in total. The van der Waals surface area contributed by atoms with Crippen molar-refractivity contribution in [3.63, 3.8) is 0 Å². The molecule has 0 saturated carbocycles. The lowest BCUT2D eigenvalue weighted by molar-refractivity contribution is 0.273. The highest BCUT2D eigenvalue weighted by atomic mass is 16.3. The molecule has 0 spiro atoms. The summed E-state index contributed by atoms with van der Waals surface area (Å²) in [5.74, 6) is 0.269. The van der Waals surface area contributed by atoms with E-state index in [-0.39, 0.29) is 24.2 Å². The number of hydrogen-bond donors (Lipinski definition) is 3. The molecule has 6 heteroatoms. The maximum atomic E-state index is 11.4. The number of aromatic nitrogens is 3. The lowest BCUT2D eigenvalue weighted by Gasteiger charge is -2.16. The Hall–Kier alpha value is -2.21. The largest absolute Gasteiger partial charge is 0.394 e. The molecule has 0 aliphatic rings. The van der Waals surface area contributed by atoms with Crippen LogP contribution in [0, 0.1) is 6.92 Å². The molecule has 1 aromatic carbocycles. The zero-order valence-electron chi connectivity index (χ0n) is 10.6. The van der Waals surface area contributed by atoms with Gasteiger partial charge in [-0.1, -0.05) is 30.3 Å². The van der Waals surface area contributed by atoms with E-state index in [1.165, 1.54) is 0 Å². The molecule has 1 atom stereocenters. The van der Waals surface area contributed by atoms with Crippen LogP contribution in [0.25, 0.3) is 0 Å². The van der Waals surface area contributed by atoms with Gasteiger partial charge in [0, 0.05) is 0 Å². The van der Waals surface area contributed by atoms with E-state index in [1.54, 1.807) is 6.92 Å². The molecule has 100 valence electrons. The van der Waals surface area contributed by atoms with E-state index in [2.05, 4.69) is 20.5 Å². The van der Waals surface area contributed by atoms with Crippen LogP contribution in [0.3, 0.4) is 0 Å². The van der Waals surface area contributed by atoms with Gasteiger partial charge in [-0.25, -0.2) is 0 Å². The van der Waals surface area contributed by atoms with Crippen molar-refractivity contribution in [2.75, 3.05) is 11.9 Å². The molecule has 0 aliphatic heterocycles. The van der Waals surface area contributed by atoms with Gasteiger partial charge in [-0.05, 0) is 18.9 Å². The van der Waals surface area contributed by atoms with E-state index in [1.807, 2.05) is 30.3 Å². The van der Waals surface area contributed by atoms with Crippen molar-refractivity contribution in [2.45, 2.75) is 19.4 Å². The molecule has 1 aromatic heterocycles. The molecule has 0 fully saturated rings. The van der Waals surface area contributed by atoms with Gasteiger partial charge < -0.3 is 10.4 Å². The lowest BCUT2D eigenvalue weighted by Crippen LogP contribution is -2.29. The van der Waals surface area contributed by atoms with E-state index in [0.29, 0.717) is 12.1 Å².